The van der Waals surface area contributed by atoms with Crippen LogP contribution in [0.1, 0.15) is 44.6 Å². The van der Waals surface area contributed by atoms with Gasteiger partial charge >= 0.3 is 6.18 Å². The Morgan fingerprint density at radius 3 is 2.51 bits per heavy atom. The predicted molar refractivity (Wildman–Crippen MR) is 142 cm³/mol. The molecule has 3 heterocycles. The largest absolute Gasteiger partial charge is 0.435 e. The molecule has 1 aliphatic heterocycles. The lowest BCUT2D eigenvalue weighted by atomic mass is 9.94. The summed E-state index contributed by atoms with van der Waals surface area (Å²) in [5.74, 6) is -4.33. The van der Waals surface area contributed by atoms with Crippen molar-refractivity contribution in [2.45, 2.75) is 38.1 Å². The Hall–Kier alpha value is -4.72. The van der Waals surface area contributed by atoms with Crippen molar-refractivity contribution < 1.29 is 35.9 Å². The fourth-order valence-corrected chi connectivity index (χ4v) is 5.15. The maximum atomic E-state index is 14.2. The molecule has 2 aromatic carbocycles. The molecule has 2 amide bonds. The molecule has 2 aromatic heterocycles. The van der Waals surface area contributed by atoms with Gasteiger partial charge in [-0.15, -0.1) is 0 Å². The fourth-order valence-electron chi connectivity index (χ4n) is 5.15. The molecule has 14 heteroatoms. The number of carbonyl (C=O) groups excluding carboxylic acids is 2. The second kappa shape index (κ2) is 11.9. The highest BCUT2D eigenvalue weighted by Crippen LogP contribution is 2.34. The van der Waals surface area contributed by atoms with E-state index in [1.807, 2.05) is 0 Å². The zero-order chi connectivity index (χ0) is 30.9. The molecular weight excluding hydrogens is 578 g/mol. The van der Waals surface area contributed by atoms with Crippen LogP contribution in [0.2, 0.25) is 0 Å². The number of rotatable bonds is 8. The average Bonchev–Trinajstić information content (AvgIpc) is 3.31. The molecule has 0 radical (unpaired) electrons. The number of pyridine rings is 1. The summed E-state index contributed by atoms with van der Waals surface area (Å²) in [6, 6.07) is 8.49. The quantitative estimate of drug-likeness (QED) is 0.261. The number of carbonyl (C=O) groups is 2. The van der Waals surface area contributed by atoms with Crippen molar-refractivity contribution in [2.75, 3.05) is 6.54 Å². The second-order valence-corrected chi connectivity index (χ2v) is 9.95. The Kier molecular flexibility index (Phi) is 8.22. The van der Waals surface area contributed by atoms with Crippen molar-refractivity contribution in [3.63, 3.8) is 0 Å². The lowest BCUT2D eigenvalue weighted by Gasteiger charge is -2.22. The lowest BCUT2D eigenvalue weighted by Crippen LogP contribution is -2.35. The van der Waals surface area contributed by atoms with Gasteiger partial charge in [-0.1, -0.05) is 12.1 Å². The molecule has 0 saturated carbocycles. The van der Waals surface area contributed by atoms with Crippen molar-refractivity contribution in [3.8, 4) is 11.1 Å². The number of nitrogens with one attached hydrogen (secondary N) is 2. The summed E-state index contributed by atoms with van der Waals surface area (Å²) in [5, 5.41) is 9.37. The number of benzene rings is 2. The van der Waals surface area contributed by atoms with E-state index in [-0.39, 0.29) is 41.9 Å². The van der Waals surface area contributed by atoms with E-state index < -0.39 is 59.3 Å². The van der Waals surface area contributed by atoms with Gasteiger partial charge in [0, 0.05) is 29.9 Å². The van der Waals surface area contributed by atoms with Crippen molar-refractivity contribution in [2.24, 2.45) is 5.73 Å². The van der Waals surface area contributed by atoms with Gasteiger partial charge in [-0.3, -0.25) is 19.3 Å². The van der Waals surface area contributed by atoms with E-state index in [0.717, 1.165) is 22.9 Å². The van der Waals surface area contributed by atoms with E-state index in [1.165, 1.54) is 18.3 Å². The van der Waals surface area contributed by atoms with Gasteiger partial charge in [-0.2, -0.15) is 18.3 Å². The molecule has 1 aliphatic rings. The highest BCUT2D eigenvalue weighted by molar-refractivity contribution is 5.94. The molecule has 0 bridgehead atoms. The average molecular weight is 603 g/mol. The SMILES string of the molecule is NC(=O)c1cc(-c2cccnc2C(Cc2cc(F)cc(F)c2)NC(=O)Cn2nc(C(F)(F)F)c3c2CNCC3)ccc1F. The van der Waals surface area contributed by atoms with Crippen LogP contribution >= 0.6 is 0 Å². The predicted octanol–water partition coefficient (Wildman–Crippen LogP) is 4.23. The van der Waals surface area contributed by atoms with Crippen molar-refractivity contribution in [1.29, 1.82) is 0 Å². The molecule has 224 valence electrons. The van der Waals surface area contributed by atoms with E-state index in [9.17, 15) is 35.9 Å². The first-order chi connectivity index (χ1) is 20.4. The molecule has 1 atom stereocenters. The number of hydrogen-bond acceptors (Lipinski definition) is 5. The summed E-state index contributed by atoms with van der Waals surface area (Å²) < 4.78 is 84.3. The zero-order valence-corrected chi connectivity index (χ0v) is 22.3. The Morgan fingerprint density at radius 1 is 1.07 bits per heavy atom. The number of nitrogens with zero attached hydrogens (tertiary/aromatic N) is 3. The summed E-state index contributed by atoms with van der Waals surface area (Å²) in [6.07, 6.45) is -3.41. The van der Waals surface area contributed by atoms with Crippen LogP contribution in [0, 0.1) is 17.5 Å². The van der Waals surface area contributed by atoms with Crippen LogP contribution in [-0.2, 0) is 36.9 Å². The van der Waals surface area contributed by atoms with E-state index >= 15 is 0 Å². The molecule has 43 heavy (non-hydrogen) atoms. The zero-order valence-electron chi connectivity index (χ0n) is 22.3. The number of alkyl halides is 3. The number of halogens is 6. The van der Waals surface area contributed by atoms with Crippen LogP contribution in [0.3, 0.4) is 0 Å². The molecule has 4 aromatic rings. The van der Waals surface area contributed by atoms with Gasteiger partial charge < -0.3 is 16.4 Å². The van der Waals surface area contributed by atoms with E-state index in [0.29, 0.717) is 23.7 Å². The van der Waals surface area contributed by atoms with Crippen LogP contribution in [-0.4, -0.2) is 33.1 Å². The van der Waals surface area contributed by atoms with Crippen molar-refractivity contribution in [3.05, 3.63) is 106 Å². The summed E-state index contributed by atoms with van der Waals surface area (Å²) in [4.78, 5) is 29.5. The summed E-state index contributed by atoms with van der Waals surface area (Å²) in [5.41, 5.74) is 5.07. The number of fused-ring (bicyclic) bond motifs is 1. The number of hydrogen-bond donors (Lipinski definition) is 3. The fraction of sp³-hybridized carbons (Fsp3) is 0.241. The van der Waals surface area contributed by atoms with E-state index in [2.05, 4.69) is 20.7 Å². The highest BCUT2D eigenvalue weighted by Gasteiger charge is 2.39. The maximum absolute atomic E-state index is 14.2. The minimum Gasteiger partial charge on any atom is -0.366 e. The smallest absolute Gasteiger partial charge is 0.366 e. The van der Waals surface area contributed by atoms with Crippen molar-refractivity contribution >= 4 is 11.8 Å². The van der Waals surface area contributed by atoms with Gasteiger partial charge in [0.15, 0.2) is 5.69 Å². The lowest BCUT2D eigenvalue weighted by molar-refractivity contribution is -0.142. The van der Waals surface area contributed by atoms with Crippen LogP contribution in [0.4, 0.5) is 26.3 Å². The van der Waals surface area contributed by atoms with Crippen LogP contribution in [0.25, 0.3) is 11.1 Å². The normalized spacial score (nSPS) is 13.8. The second-order valence-electron chi connectivity index (χ2n) is 9.95. The minimum atomic E-state index is -4.71. The molecule has 5 rings (SSSR count). The third-order valence-corrected chi connectivity index (χ3v) is 6.98. The first kappa shape index (κ1) is 29.8. The summed E-state index contributed by atoms with van der Waals surface area (Å²) >= 11 is 0. The van der Waals surface area contributed by atoms with Gasteiger partial charge in [0.2, 0.25) is 5.91 Å². The number of primary amides is 1. The Balaban J connectivity index is 1.52. The van der Waals surface area contributed by atoms with Gasteiger partial charge in [-0.25, -0.2) is 13.2 Å². The first-order valence-corrected chi connectivity index (χ1v) is 13.1. The molecule has 4 N–H and O–H groups in total. The van der Waals surface area contributed by atoms with Crippen LogP contribution in [0.5, 0.6) is 0 Å². The van der Waals surface area contributed by atoms with Gasteiger partial charge in [0.25, 0.3) is 5.91 Å². The van der Waals surface area contributed by atoms with Gasteiger partial charge in [-0.05, 0) is 60.8 Å². The molecule has 8 nitrogen and oxygen atoms in total. The number of nitrogens with two attached hydrogens (primary N) is 1. The maximum Gasteiger partial charge on any atom is 0.435 e. The molecule has 0 aliphatic carbocycles. The third kappa shape index (κ3) is 6.53. The summed E-state index contributed by atoms with van der Waals surface area (Å²) in [6.45, 7) is -0.183. The molecular formula is C29H24F6N6O2. The van der Waals surface area contributed by atoms with Crippen molar-refractivity contribution in [1.82, 2.24) is 25.4 Å². The highest BCUT2D eigenvalue weighted by atomic mass is 19.4. The summed E-state index contributed by atoms with van der Waals surface area (Å²) in [7, 11) is 0. The Morgan fingerprint density at radius 2 is 1.81 bits per heavy atom. The Bertz CT molecular complexity index is 1680. The van der Waals surface area contributed by atoms with Crippen LogP contribution < -0.4 is 16.4 Å². The third-order valence-electron chi connectivity index (χ3n) is 6.98. The monoisotopic (exact) mass is 602 g/mol. The van der Waals surface area contributed by atoms with Gasteiger partial charge in [0.1, 0.15) is 24.0 Å². The minimum absolute atomic E-state index is 0.0133. The molecule has 0 saturated heterocycles. The molecule has 0 spiro atoms. The molecule has 0 fully saturated rings. The Labute approximate surface area is 240 Å². The van der Waals surface area contributed by atoms with Crippen LogP contribution in [0.15, 0.2) is 54.7 Å². The van der Waals surface area contributed by atoms with E-state index in [1.54, 1.807) is 12.1 Å². The van der Waals surface area contributed by atoms with E-state index in [4.69, 9.17) is 5.73 Å². The number of aromatic nitrogens is 3. The topological polar surface area (TPSA) is 115 Å². The molecule has 1 unspecified atom stereocenters. The standard InChI is InChI=1S/C29H24F6N6O2/c30-17-8-15(9-18(31)12-17)10-23(26-19(2-1-6-38-26)16-3-4-22(32)21(11-16)28(36)43)39-25(42)14-41-24-13-37-7-5-20(24)27(40-41)29(33,34)35/h1-4,6,8-9,11-12,23,37H,5,7,10,13-14H2,(H2,36,43)(H,39,42). The van der Waals surface area contributed by atoms with Gasteiger partial charge in [0.05, 0.1) is 23.0 Å². The first-order valence-electron chi connectivity index (χ1n) is 13.1. The number of amides is 2.